The molecule has 0 aliphatic heterocycles. The Balaban J connectivity index is 2.69. The minimum atomic E-state index is -0.925. The van der Waals surface area contributed by atoms with Crippen LogP contribution in [0, 0.1) is 5.41 Å². The van der Waals surface area contributed by atoms with Crippen LogP contribution in [0.4, 0.5) is 5.69 Å². The van der Waals surface area contributed by atoms with Gasteiger partial charge in [0.15, 0.2) is 0 Å². The second kappa shape index (κ2) is 6.39. The Kier molecular flexibility index (Phi) is 5.38. The smallest absolute Gasteiger partial charge is 0.336 e. The van der Waals surface area contributed by atoms with Crippen LogP contribution in [0.3, 0.4) is 0 Å². The van der Waals surface area contributed by atoms with E-state index in [9.17, 15) is 4.79 Å². The molecular weight excluding hydrogens is 308 g/mol. The van der Waals surface area contributed by atoms with Crippen LogP contribution in [0.5, 0.6) is 0 Å². The highest BCUT2D eigenvalue weighted by Crippen LogP contribution is 2.23. The Bertz CT molecular complexity index is 459. The van der Waals surface area contributed by atoms with Crippen molar-refractivity contribution in [2.75, 3.05) is 32.5 Å². The number of aromatic carboxylic acids is 1. The molecule has 0 saturated carbocycles. The molecule has 0 saturated heterocycles. The molecule has 5 heteroatoms. The molecule has 4 nitrogen and oxygen atoms in total. The van der Waals surface area contributed by atoms with Crippen LogP contribution >= 0.6 is 15.9 Å². The lowest BCUT2D eigenvalue weighted by atomic mass is 9.93. The van der Waals surface area contributed by atoms with Gasteiger partial charge in [-0.25, -0.2) is 4.79 Å². The molecule has 0 radical (unpaired) electrons. The molecule has 0 spiro atoms. The number of anilines is 1. The topological polar surface area (TPSA) is 52.6 Å². The molecule has 0 aromatic heterocycles. The van der Waals surface area contributed by atoms with Crippen molar-refractivity contribution in [3.63, 3.8) is 0 Å². The SMILES string of the molecule is CN(C)CC(C)(C)CNc1ccc(C(=O)O)c(Br)c1. The quantitative estimate of drug-likeness (QED) is 0.842. The van der Waals surface area contributed by atoms with E-state index in [1.807, 2.05) is 0 Å². The predicted octanol–water partition coefficient (Wildman–Crippen LogP) is 3.15. The zero-order chi connectivity index (χ0) is 14.6. The number of nitrogens with zero attached hydrogens (tertiary/aromatic N) is 1. The lowest BCUT2D eigenvalue weighted by Gasteiger charge is -2.29. The monoisotopic (exact) mass is 328 g/mol. The van der Waals surface area contributed by atoms with Crippen LogP contribution in [0.1, 0.15) is 24.2 Å². The van der Waals surface area contributed by atoms with E-state index in [2.05, 4.69) is 54.1 Å². The van der Waals surface area contributed by atoms with Crippen LogP contribution in [0.15, 0.2) is 22.7 Å². The first-order valence-corrected chi connectivity index (χ1v) is 6.92. The van der Waals surface area contributed by atoms with E-state index in [4.69, 9.17) is 5.11 Å². The number of nitrogens with one attached hydrogen (secondary N) is 1. The van der Waals surface area contributed by atoms with Gasteiger partial charge in [0.05, 0.1) is 5.56 Å². The Hall–Kier alpha value is -1.07. The summed E-state index contributed by atoms with van der Waals surface area (Å²) >= 11 is 3.28. The standard InChI is InChI=1S/C14H21BrN2O2/c1-14(2,9-17(3)4)8-16-10-5-6-11(13(18)19)12(15)7-10/h5-7,16H,8-9H2,1-4H3,(H,18,19). The third-order valence-electron chi connectivity index (χ3n) is 2.71. The summed E-state index contributed by atoms with van der Waals surface area (Å²) in [5, 5.41) is 12.3. The lowest BCUT2D eigenvalue weighted by Crippen LogP contribution is -2.34. The van der Waals surface area contributed by atoms with Crippen molar-refractivity contribution in [3.8, 4) is 0 Å². The van der Waals surface area contributed by atoms with E-state index < -0.39 is 5.97 Å². The van der Waals surface area contributed by atoms with Crippen molar-refractivity contribution < 1.29 is 9.90 Å². The minimum absolute atomic E-state index is 0.140. The van der Waals surface area contributed by atoms with Crippen molar-refractivity contribution in [3.05, 3.63) is 28.2 Å². The first kappa shape index (κ1) is 16.0. The summed E-state index contributed by atoms with van der Waals surface area (Å²) in [6.45, 7) is 6.19. The normalized spacial score (nSPS) is 11.7. The highest BCUT2D eigenvalue weighted by atomic mass is 79.9. The number of carboxylic acid groups (broad SMARTS) is 1. The van der Waals surface area contributed by atoms with Gasteiger partial charge in [-0.3, -0.25) is 0 Å². The second-order valence-electron chi connectivity index (χ2n) is 5.76. The van der Waals surface area contributed by atoms with Crippen molar-refractivity contribution in [1.29, 1.82) is 0 Å². The van der Waals surface area contributed by atoms with Crippen LogP contribution in [-0.2, 0) is 0 Å². The van der Waals surface area contributed by atoms with Gasteiger partial charge in [0.25, 0.3) is 0 Å². The van der Waals surface area contributed by atoms with E-state index in [1.165, 1.54) is 0 Å². The molecule has 0 bridgehead atoms. The van der Waals surface area contributed by atoms with E-state index in [-0.39, 0.29) is 11.0 Å². The fraction of sp³-hybridized carbons (Fsp3) is 0.500. The van der Waals surface area contributed by atoms with Crippen LogP contribution in [0.2, 0.25) is 0 Å². The largest absolute Gasteiger partial charge is 0.478 e. The third kappa shape index (κ3) is 5.20. The molecule has 0 unspecified atom stereocenters. The maximum Gasteiger partial charge on any atom is 0.336 e. The highest BCUT2D eigenvalue weighted by Gasteiger charge is 2.18. The van der Waals surface area contributed by atoms with Crippen LogP contribution < -0.4 is 5.32 Å². The zero-order valence-electron chi connectivity index (χ0n) is 11.8. The fourth-order valence-corrected chi connectivity index (χ4v) is 2.60. The summed E-state index contributed by atoms with van der Waals surface area (Å²) in [5.41, 5.74) is 1.34. The van der Waals surface area contributed by atoms with Crippen LogP contribution in [0.25, 0.3) is 0 Å². The Morgan fingerprint density at radius 2 is 2.05 bits per heavy atom. The summed E-state index contributed by atoms with van der Waals surface area (Å²) < 4.78 is 0.593. The average molecular weight is 329 g/mol. The van der Waals surface area contributed by atoms with Gasteiger partial charge in [-0.15, -0.1) is 0 Å². The summed E-state index contributed by atoms with van der Waals surface area (Å²) in [6, 6.07) is 5.20. The number of benzene rings is 1. The summed E-state index contributed by atoms with van der Waals surface area (Å²) in [6.07, 6.45) is 0. The number of hydrogen-bond acceptors (Lipinski definition) is 3. The minimum Gasteiger partial charge on any atom is -0.478 e. The number of hydrogen-bond donors (Lipinski definition) is 2. The Labute approximate surface area is 122 Å². The number of rotatable bonds is 6. The van der Waals surface area contributed by atoms with Gasteiger partial charge >= 0.3 is 5.97 Å². The molecule has 0 heterocycles. The van der Waals surface area contributed by atoms with Gasteiger partial charge in [-0.2, -0.15) is 0 Å². The summed E-state index contributed by atoms with van der Waals surface area (Å²) in [4.78, 5) is 13.1. The molecule has 106 valence electrons. The molecule has 1 rings (SSSR count). The second-order valence-corrected chi connectivity index (χ2v) is 6.61. The van der Waals surface area contributed by atoms with Crippen molar-refractivity contribution in [1.82, 2.24) is 4.90 Å². The van der Waals surface area contributed by atoms with E-state index in [0.717, 1.165) is 18.8 Å². The molecule has 2 N–H and O–H groups in total. The zero-order valence-corrected chi connectivity index (χ0v) is 13.4. The third-order valence-corrected chi connectivity index (χ3v) is 3.37. The first-order valence-electron chi connectivity index (χ1n) is 6.13. The molecule has 0 amide bonds. The van der Waals surface area contributed by atoms with Gasteiger partial charge in [0.2, 0.25) is 0 Å². The number of carbonyl (C=O) groups is 1. The molecule has 19 heavy (non-hydrogen) atoms. The van der Waals surface area contributed by atoms with Crippen molar-refractivity contribution >= 4 is 27.6 Å². The van der Waals surface area contributed by atoms with Gasteiger partial charge in [0.1, 0.15) is 0 Å². The van der Waals surface area contributed by atoms with Gasteiger partial charge < -0.3 is 15.3 Å². The fourth-order valence-electron chi connectivity index (χ4n) is 2.05. The van der Waals surface area contributed by atoms with E-state index >= 15 is 0 Å². The maximum absolute atomic E-state index is 10.9. The average Bonchev–Trinajstić information content (AvgIpc) is 2.24. The summed E-state index contributed by atoms with van der Waals surface area (Å²) in [7, 11) is 4.11. The molecule has 1 aromatic rings. The molecule has 0 aliphatic rings. The number of carboxylic acids is 1. The van der Waals surface area contributed by atoms with Gasteiger partial charge in [-0.1, -0.05) is 13.8 Å². The van der Waals surface area contributed by atoms with Gasteiger partial charge in [0, 0.05) is 23.2 Å². The molecular formula is C14H21BrN2O2. The maximum atomic E-state index is 10.9. The summed E-state index contributed by atoms with van der Waals surface area (Å²) in [5.74, 6) is -0.925. The Morgan fingerprint density at radius 1 is 1.42 bits per heavy atom. The van der Waals surface area contributed by atoms with Crippen molar-refractivity contribution in [2.24, 2.45) is 5.41 Å². The molecule has 0 fully saturated rings. The van der Waals surface area contributed by atoms with Crippen LogP contribution in [-0.4, -0.2) is 43.2 Å². The Morgan fingerprint density at radius 3 is 2.53 bits per heavy atom. The van der Waals surface area contributed by atoms with E-state index in [1.54, 1.807) is 18.2 Å². The first-order chi connectivity index (χ1) is 8.71. The van der Waals surface area contributed by atoms with E-state index in [0.29, 0.717) is 4.47 Å². The van der Waals surface area contributed by atoms with Crippen molar-refractivity contribution in [2.45, 2.75) is 13.8 Å². The van der Waals surface area contributed by atoms with Gasteiger partial charge in [-0.05, 0) is 53.6 Å². The lowest BCUT2D eigenvalue weighted by molar-refractivity contribution is 0.0696. The predicted molar refractivity (Wildman–Crippen MR) is 81.9 cm³/mol. The molecule has 1 aromatic carbocycles. The molecule has 0 atom stereocenters. The highest BCUT2D eigenvalue weighted by molar-refractivity contribution is 9.10. The number of halogens is 1. The molecule has 0 aliphatic carbocycles.